The minimum Gasteiger partial charge on any atom is -0.362 e. The third kappa shape index (κ3) is 3.81. The molecule has 0 aliphatic rings. The van der Waals surface area contributed by atoms with Crippen molar-refractivity contribution in [2.24, 2.45) is 0 Å². The second-order valence-electron chi connectivity index (χ2n) is 3.09. The van der Waals surface area contributed by atoms with Gasteiger partial charge < -0.3 is 10.1 Å². The van der Waals surface area contributed by atoms with Crippen molar-refractivity contribution in [2.45, 2.75) is 6.92 Å². The van der Waals surface area contributed by atoms with Gasteiger partial charge in [-0.1, -0.05) is 30.4 Å². The average Bonchev–Trinajstić information content (AvgIpc) is 2.30. The predicted molar refractivity (Wildman–Crippen MR) is 64.6 cm³/mol. The van der Waals surface area contributed by atoms with Crippen LogP contribution in [0.2, 0.25) is 0 Å². The molecule has 0 bridgehead atoms. The number of Topliss-reactive ketones (excluding diaryl/α,β-unsaturated/α-hetero) is 1. The first kappa shape index (κ1) is 11.7. The van der Waals surface area contributed by atoms with Gasteiger partial charge in [-0.25, -0.2) is 4.85 Å². The van der Waals surface area contributed by atoms with E-state index in [1.54, 1.807) is 12.3 Å². The molecule has 0 aliphatic heterocycles. The van der Waals surface area contributed by atoms with Gasteiger partial charge in [0, 0.05) is 5.69 Å². The lowest BCUT2D eigenvalue weighted by atomic mass is 10.3. The number of para-hydroxylation sites is 1. The molecule has 1 aromatic carbocycles. The molecule has 0 aromatic heterocycles. The summed E-state index contributed by atoms with van der Waals surface area (Å²) in [6.45, 7) is 8.15. The molecule has 3 nitrogen and oxygen atoms in total. The number of ketones is 1. The molecule has 0 heterocycles. The summed E-state index contributed by atoms with van der Waals surface area (Å²) >= 11 is 0. The van der Waals surface area contributed by atoms with Gasteiger partial charge in [0.25, 0.3) is 0 Å². The standard InChI is InChI=1S/C13H12N2O/c1-11(16)13(14-2)9-6-10-15-12-7-4-3-5-8-12/h3-10,15H,1H3/b10-6-,13-9-. The molecule has 1 rings (SSSR count). The Hall–Kier alpha value is -2.34. The molecule has 0 spiro atoms. The number of allylic oxidation sites excluding steroid dienone is 3. The van der Waals surface area contributed by atoms with E-state index in [9.17, 15) is 4.79 Å². The number of benzene rings is 1. The van der Waals surface area contributed by atoms with Crippen molar-refractivity contribution < 1.29 is 4.79 Å². The van der Waals surface area contributed by atoms with E-state index in [0.29, 0.717) is 0 Å². The number of nitrogens with zero attached hydrogens (tertiary/aromatic N) is 1. The molecule has 16 heavy (non-hydrogen) atoms. The van der Waals surface area contributed by atoms with Crippen LogP contribution in [0.1, 0.15) is 6.92 Å². The van der Waals surface area contributed by atoms with Gasteiger partial charge in [-0.05, 0) is 25.3 Å². The molecule has 0 radical (unpaired) electrons. The minimum absolute atomic E-state index is 0.131. The van der Waals surface area contributed by atoms with Crippen LogP contribution in [-0.2, 0) is 4.79 Å². The first-order valence-electron chi connectivity index (χ1n) is 4.81. The summed E-state index contributed by atoms with van der Waals surface area (Å²) in [4.78, 5) is 14.0. The quantitative estimate of drug-likeness (QED) is 0.473. The highest BCUT2D eigenvalue weighted by Gasteiger charge is 1.99. The van der Waals surface area contributed by atoms with Gasteiger partial charge in [-0.15, -0.1) is 0 Å². The third-order valence-electron chi connectivity index (χ3n) is 1.86. The lowest BCUT2D eigenvalue weighted by molar-refractivity contribution is -0.113. The van der Waals surface area contributed by atoms with Gasteiger partial charge in [0.1, 0.15) is 0 Å². The third-order valence-corrected chi connectivity index (χ3v) is 1.86. The van der Waals surface area contributed by atoms with Crippen molar-refractivity contribution in [2.75, 3.05) is 5.32 Å². The summed E-state index contributed by atoms with van der Waals surface area (Å²) in [6.07, 6.45) is 4.82. The maximum Gasteiger partial charge on any atom is 0.228 e. The maximum absolute atomic E-state index is 10.9. The van der Waals surface area contributed by atoms with E-state index < -0.39 is 0 Å². The Morgan fingerprint density at radius 2 is 2.06 bits per heavy atom. The van der Waals surface area contributed by atoms with Crippen molar-refractivity contribution in [1.82, 2.24) is 0 Å². The molecule has 1 aromatic rings. The molecule has 0 unspecified atom stereocenters. The first-order valence-corrected chi connectivity index (χ1v) is 4.81. The monoisotopic (exact) mass is 212 g/mol. The molecule has 3 heteroatoms. The second kappa shape index (κ2) is 6.20. The van der Waals surface area contributed by atoms with Gasteiger partial charge in [-0.3, -0.25) is 0 Å². The number of nitrogens with one attached hydrogen (secondary N) is 1. The van der Waals surface area contributed by atoms with Crippen LogP contribution in [0, 0.1) is 6.57 Å². The lowest BCUT2D eigenvalue weighted by Crippen LogP contribution is -1.90. The highest BCUT2D eigenvalue weighted by molar-refractivity contribution is 5.95. The Labute approximate surface area is 94.9 Å². The zero-order valence-corrected chi connectivity index (χ0v) is 8.97. The fourth-order valence-electron chi connectivity index (χ4n) is 1.05. The van der Waals surface area contributed by atoms with Crippen LogP contribution >= 0.6 is 0 Å². The second-order valence-corrected chi connectivity index (χ2v) is 3.09. The average molecular weight is 212 g/mol. The van der Waals surface area contributed by atoms with E-state index in [0.717, 1.165) is 5.69 Å². The predicted octanol–water partition coefficient (Wildman–Crippen LogP) is 3.00. The van der Waals surface area contributed by atoms with Crippen molar-refractivity contribution in [3.63, 3.8) is 0 Å². The molecule has 0 saturated carbocycles. The molecule has 0 amide bonds. The number of anilines is 1. The highest BCUT2D eigenvalue weighted by atomic mass is 16.1. The van der Waals surface area contributed by atoms with Crippen LogP contribution in [0.5, 0.6) is 0 Å². The van der Waals surface area contributed by atoms with Gasteiger partial charge >= 0.3 is 0 Å². The first-order chi connectivity index (χ1) is 7.74. The van der Waals surface area contributed by atoms with Gasteiger partial charge in [-0.2, -0.15) is 0 Å². The molecule has 80 valence electrons. The number of hydrogen-bond donors (Lipinski definition) is 1. The van der Waals surface area contributed by atoms with Crippen LogP contribution in [0.3, 0.4) is 0 Å². The van der Waals surface area contributed by atoms with Crippen molar-refractivity contribution in [1.29, 1.82) is 0 Å². The van der Waals surface area contributed by atoms with Crippen molar-refractivity contribution >= 4 is 11.5 Å². The smallest absolute Gasteiger partial charge is 0.228 e. The van der Waals surface area contributed by atoms with Crippen LogP contribution in [0.4, 0.5) is 5.69 Å². The molecule has 0 aliphatic carbocycles. The van der Waals surface area contributed by atoms with E-state index in [1.165, 1.54) is 13.0 Å². The summed E-state index contributed by atoms with van der Waals surface area (Å²) in [5.41, 5.74) is 1.09. The Bertz CT molecular complexity index is 453. The van der Waals surface area contributed by atoms with Crippen molar-refractivity contribution in [3.05, 3.63) is 65.8 Å². The topological polar surface area (TPSA) is 33.5 Å². The summed E-state index contributed by atoms with van der Waals surface area (Å²) in [6, 6.07) is 9.63. The van der Waals surface area contributed by atoms with Crippen LogP contribution < -0.4 is 5.32 Å². The summed E-state index contributed by atoms with van der Waals surface area (Å²) in [7, 11) is 0. The molecule has 1 N–H and O–H groups in total. The number of rotatable bonds is 4. The molecule has 0 saturated heterocycles. The Morgan fingerprint density at radius 1 is 1.38 bits per heavy atom. The van der Waals surface area contributed by atoms with Crippen LogP contribution in [0.15, 0.2) is 54.4 Å². The van der Waals surface area contributed by atoms with Gasteiger partial charge in [0.15, 0.2) is 5.78 Å². The lowest BCUT2D eigenvalue weighted by Gasteiger charge is -1.97. The fourth-order valence-corrected chi connectivity index (χ4v) is 1.05. The molecule has 0 atom stereocenters. The zero-order chi connectivity index (χ0) is 11.8. The van der Waals surface area contributed by atoms with E-state index in [1.807, 2.05) is 30.3 Å². The summed E-state index contributed by atoms with van der Waals surface area (Å²) < 4.78 is 0. The van der Waals surface area contributed by atoms with E-state index >= 15 is 0 Å². The highest BCUT2D eigenvalue weighted by Crippen LogP contribution is 2.04. The van der Waals surface area contributed by atoms with E-state index in [4.69, 9.17) is 6.57 Å². The normalized spacial score (nSPS) is 11.1. The van der Waals surface area contributed by atoms with Crippen LogP contribution in [0.25, 0.3) is 4.85 Å². The largest absolute Gasteiger partial charge is 0.362 e. The molecule has 0 fully saturated rings. The number of carbonyl (C=O) groups excluding carboxylic acids is 1. The Morgan fingerprint density at radius 3 is 2.62 bits per heavy atom. The Balaban J connectivity index is 2.57. The summed E-state index contributed by atoms with van der Waals surface area (Å²) in [5.74, 6) is -0.223. The molecular formula is C13H12N2O. The van der Waals surface area contributed by atoms with Gasteiger partial charge in [0.2, 0.25) is 5.70 Å². The van der Waals surface area contributed by atoms with Crippen LogP contribution in [-0.4, -0.2) is 5.78 Å². The van der Waals surface area contributed by atoms with E-state index in [-0.39, 0.29) is 11.5 Å². The van der Waals surface area contributed by atoms with E-state index in [2.05, 4.69) is 10.2 Å². The minimum atomic E-state index is -0.223. The zero-order valence-electron chi connectivity index (χ0n) is 8.97. The van der Waals surface area contributed by atoms with Gasteiger partial charge in [0.05, 0.1) is 6.57 Å². The fraction of sp³-hybridized carbons (Fsp3) is 0.0769. The number of hydrogen-bond acceptors (Lipinski definition) is 2. The maximum atomic E-state index is 10.9. The molecular weight excluding hydrogens is 200 g/mol. The Kier molecular flexibility index (Phi) is 4.55. The summed E-state index contributed by atoms with van der Waals surface area (Å²) in [5, 5.41) is 3.02. The SMILES string of the molecule is [C-]#[N+]/C(=C\C=C/Nc1ccccc1)C(C)=O. The number of carbonyl (C=O) groups is 1. The van der Waals surface area contributed by atoms with Crippen molar-refractivity contribution in [3.8, 4) is 0 Å².